The predicted molar refractivity (Wildman–Crippen MR) is 74.0 cm³/mol. The molecule has 0 bridgehead atoms. The number of likely N-dealkylation sites (tertiary alicyclic amines) is 1. The summed E-state index contributed by atoms with van der Waals surface area (Å²) in [7, 11) is 2.19. The molecule has 2 nitrogen and oxygen atoms in total. The van der Waals surface area contributed by atoms with Crippen LogP contribution in [0.15, 0.2) is 30.3 Å². The molecule has 0 aromatic heterocycles. The van der Waals surface area contributed by atoms with E-state index < -0.39 is 0 Å². The van der Waals surface area contributed by atoms with Crippen LogP contribution in [0.4, 0.5) is 0 Å². The molecular formula is C14H22ClNO. The molecule has 1 aliphatic heterocycles. The lowest BCUT2D eigenvalue weighted by molar-refractivity contribution is 0.0260. The maximum Gasteiger partial charge on any atom is 0.119 e. The van der Waals surface area contributed by atoms with Gasteiger partial charge >= 0.3 is 0 Å². The van der Waals surface area contributed by atoms with E-state index in [0.29, 0.717) is 6.10 Å². The summed E-state index contributed by atoms with van der Waals surface area (Å²) in [6.07, 6.45) is 2.57. The Morgan fingerprint density at radius 2 is 1.88 bits per heavy atom. The van der Waals surface area contributed by atoms with E-state index in [1.165, 1.54) is 0 Å². The topological polar surface area (TPSA) is 12.5 Å². The molecule has 17 heavy (non-hydrogen) atoms. The SMILES string of the molecule is CN1CCC(Oc2ccccc2)CC1(C)C.Cl. The minimum atomic E-state index is 0. The minimum Gasteiger partial charge on any atom is -0.490 e. The molecule has 0 amide bonds. The highest BCUT2D eigenvalue weighted by molar-refractivity contribution is 5.85. The van der Waals surface area contributed by atoms with E-state index in [0.717, 1.165) is 25.1 Å². The lowest BCUT2D eigenvalue weighted by Gasteiger charge is -2.43. The summed E-state index contributed by atoms with van der Waals surface area (Å²) >= 11 is 0. The highest BCUT2D eigenvalue weighted by atomic mass is 35.5. The van der Waals surface area contributed by atoms with E-state index in [-0.39, 0.29) is 17.9 Å². The van der Waals surface area contributed by atoms with Gasteiger partial charge in [0, 0.05) is 18.5 Å². The first-order valence-corrected chi connectivity index (χ1v) is 6.01. The molecule has 0 spiro atoms. The van der Waals surface area contributed by atoms with Gasteiger partial charge in [0.25, 0.3) is 0 Å². The number of nitrogens with zero attached hydrogens (tertiary/aromatic N) is 1. The molecule has 1 heterocycles. The normalized spacial score (nSPS) is 23.8. The average Bonchev–Trinajstić information content (AvgIpc) is 2.25. The molecule has 1 unspecified atom stereocenters. The van der Waals surface area contributed by atoms with Gasteiger partial charge in [-0.15, -0.1) is 12.4 Å². The van der Waals surface area contributed by atoms with Crippen molar-refractivity contribution in [1.29, 1.82) is 0 Å². The Kier molecular flexibility index (Phi) is 4.84. The minimum absolute atomic E-state index is 0. The van der Waals surface area contributed by atoms with Crippen LogP contribution in [0, 0.1) is 0 Å². The second kappa shape index (κ2) is 5.74. The van der Waals surface area contributed by atoms with Crippen LogP contribution in [-0.2, 0) is 0 Å². The Balaban J connectivity index is 0.00000144. The maximum absolute atomic E-state index is 6.01. The fraction of sp³-hybridized carbons (Fsp3) is 0.571. The van der Waals surface area contributed by atoms with Gasteiger partial charge in [-0.25, -0.2) is 0 Å². The molecule has 3 heteroatoms. The van der Waals surface area contributed by atoms with Gasteiger partial charge in [-0.3, -0.25) is 0 Å². The Morgan fingerprint density at radius 1 is 1.24 bits per heavy atom. The van der Waals surface area contributed by atoms with Gasteiger partial charge in [0.05, 0.1) is 0 Å². The molecule has 1 aliphatic rings. The molecule has 1 aromatic rings. The lowest BCUT2D eigenvalue weighted by atomic mass is 9.89. The molecule has 1 saturated heterocycles. The van der Waals surface area contributed by atoms with Crippen molar-refractivity contribution in [3.63, 3.8) is 0 Å². The zero-order valence-electron chi connectivity index (χ0n) is 10.8. The Hall–Kier alpha value is -0.730. The van der Waals surface area contributed by atoms with Crippen LogP contribution < -0.4 is 4.74 Å². The Bertz CT molecular complexity index is 339. The average molecular weight is 256 g/mol. The number of ether oxygens (including phenoxy) is 1. The third-order valence-electron chi connectivity index (χ3n) is 3.59. The van der Waals surface area contributed by atoms with Crippen LogP contribution in [0.5, 0.6) is 5.75 Å². The van der Waals surface area contributed by atoms with Crippen molar-refractivity contribution in [3.8, 4) is 5.75 Å². The third-order valence-corrected chi connectivity index (χ3v) is 3.59. The number of hydrogen-bond donors (Lipinski definition) is 0. The van der Waals surface area contributed by atoms with Crippen molar-refractivity contribution >= 4 is 12.4 Å². The second-order valence-corrected chi connectivity index (χ2v) is 5.28. The summed E-state index contributed by atoms with van der Waals surface area (Å²) in [6, 6.07) is 10.1. The van der Waals surface area contributed by atoms with Gasteiger partial charge in [-0.2, -0.15) is 0 Å². The fourth-order valence-electron chi connectivity index (χ4n) is 2.25. The standard InChI is InChI=1S/C14H21NO.ClH/c1-14(2)11-13(9-10-15(14)3)16-12-7-5-4-6-8-12;/h4-8,13H,9-11H2,1-3H3;1H. The van der Waals surface area contributed by atoms with Crippen LogP contribution >= 0.6 is 12.4 Å². The number of rotatable bonds is 2. The first-order chi connectivity index (χ1) is 7.58. The van der Waals surface area contributed by atoms with Gasteiger partial charge in [-0.05, 0) is 39.4 Å². The van der Waals surface area contributed by atoms with Crippen LogP contribution in [0.3, 0.4) is 0 Å². The van der Waals surface area contributed by atoms with E-state index in [2.05, 4.69) is 25.8 Å². The summed E-state index contributed by atoms with van der Waals surface area (Å²) in [5.41, 5.74) is 0.248. The van der Waals surface area contributed by atoms with Gasteiger partial charge in [0.1, 0.15) is 11.9 Å². The van der Waals surface area contributed by atoms with Gasteiger partial charge in [-0.1, -0.05) is 18.2 Å². The lowest BCUT2D eigenvalue weighted by Crippen LogP contribution is -2.50. The van der Waals surface area contributed by atoms with Crippen molar-refractivity contribution in [2.24, 2.45) is 0 Å². The van der Waals surface area contributed by atoms with Crippen molar-refractivity contribution < 1.29 is 4.74 Å². The molecule has 96 valence electrons. The molecular weight excluding hydrogens is 234 g/mol. The predicted octanol–water partition coefficient (Wildman–Crippen LogP) is 3.36. The first-order valence-electron chi connectivity index (χ1n) is 6.01. The number of hydrogen-bond acceptors (Lipinski definition) is 2. The van der Waals surface area contributed by atoms with Crippen molar-refractivity contribution in [2.75, 3.05) is 13.6 Å². The summed E-state index contributed by atoms with van der Waals surface area (Å²) in [5.74, 6) is 0.993. The van der Waals surface area contributed by atoms with Crippen molar-refractivity contribution in [3.05, 3.63) is 30.3 Å². The number of halogens is 1. The first kappa shape index (κ1) is 14.3. The fourth-order valence-corrected chi connectivity index (χ4v) is 2.25. The van der Waals surface area contributed by atoms with Crippen LogP contribution in [-0.4, -0.2) is 30.1 Å². The number of benzene rings is 1. The summed E-state index contributed by atoms with van der Waals surface area (Å²) < 4.78 is 6.01. The molecule has 1 fully saturated rings. The highest BCUT2D eigenvalue weighted by Gasteiger charge is 2.33. The van der Waals surface area contributed by atoms with Gasteiger partial charge in [0.15, 0.2) is 0 Å². The quantitative estimate of drug-likeness (QED) is 0.804. The summed E-state index contributed by atoms with van der Waals surface area (Å²) in [4.78, 5) is 2.41. The largest absolute Gasteiger partial charge is 0.490 e. The molecule has 1 atom stereocenters. The summed E-state index contributed by atoms with van der Waals surface area (Å²) in [6.45, 7) is 5.69. The monoisotopic (exact) mass is 255 g/mol. The van der Waals surface area contributed by atoms with Gasteiger partial charge in [0.2, 0.25) is 0 Å². The third kappa shape index (κ3) is 3.62. The molecule has 0 N–H and O–H groups in total. The molecule has 1 aromatic carbocycles. The van der Waals surface area contributed by atoms with E-state index in [4.69, 9.17) is 4.74 Å². The van der Waals surface area contributed by atoms with Crippen LogP contribution in [0.1, 0.15) is 26.7 Å². The highest BCUT2D eigenvalue weighted by Crippen LogP contribution is 2.28. The van der Waals surface area contributed by atoms with E-state index >= 15 is 0 Å². The molecule has 0 saturated carbocycles. The smallest absolute Gasteiger partial charge is 0.119 e. The zero-order valence-corrected chi connectivity index (χ0v) is 11.7. The molecule has 0 radical (unpaired) electrons. The van der Waals surface area contributed by atoms with Crippen molar-refractivity contribution in [2.45, 2.75) is 38.3 Å². The number of para-hydroxylation sites is 1. The Morgan fingerprint density at radius 3 is 2.47 bits per heavy atom. The zero-order chi connectivity index (χ0) is 11.6. The molecule has 2 rings (SSSR count). The second-order valence-electron chi connectivity index (χ2n) is 5.28. The van der Waals surface area contributed by atoms with Crippen molar-refractivity contribution in [1.82, 2.24) is 4.90 Å². The number of piperidine rings is 1. The van der Waals surface area contributed by atoms with E-state index in [1.54, 1.807) is 0 Å². The maximum atomic E-state index is 6.01. The molecule has 0 aliphatic carbocycles. The van der Waals surface area contributed by atoms with Crippen LogP contribution in [0.2, 0.25) is 0 Å². The van der Waals surface area contributed by atoms with Gasteiger partial charge < -0.3 is 9.64 Å². The van der Waals surface area contributed by atoms with E-state index in [9.17, 15) is 0 Å². The van der Waals surface area contributed by atoms with E-state index in [1.807, 2.05) is 30.3 Å². The van der Waals surface area contributed by atoms with Crippen LogP contribution in [0.25, 0.3) is 0 Å². The Labute approximate surface area is 110 Å². The summed E-state index contributed by atoms with van der Waals surface area (Å²) in [5, 5.41) is 0.